The highest BCUT2D eigenvalue weighted by Crippen LogP contribution is 2.29. The van der Waals surface area contributed by atoms with Crippen molar-refractivity contribution in [1.29, 1.82) is 0 Å². The molecular formula is C12H11ClFNO2. The molecule has 0 spiro atoms. The van der Waals surface area contributed by atoms with Gasteiger partial charge in [-0.1, -0.05) is 0 Å². The number of aromatic nitrogens is 1. The first-order valence-electron chi connectivity index (χ1n) is 5.05. The van der Waals surface area contributed by atoms with Crippen molar-refractivity contribution < 1.29 is 13.5 Å². The molecule has 0 saturated carbocycles. The molecule has 17 heavy (non-hydrogen) atoms. The Morgan fingerprint density at radius 3 is 2.82 bits per heavy atom. The molecule has 0 N–H and O–H groups in total. The highest BCUT2D eigenvalue weighted by molar-refractivity contribution is 6.20. The second-order valence-electron chi connectivity index (χ2n) is 3.53. The van der Waals surface area contributed by atoms with E-state index in [0.717, 1.165) is 0 Å². The molecule has 1 unspecified atom stereocenters. The van der Waals surface area contributed by atoms with Gasteiger partial charge in [-0.3, -0.25) is 0 Å². The van der Waals surface area contributed by atoms with E-state index in [2.05, 4.69) is 4.98 Å². The summed E-state index contributed by atoms with van der Waals surface area (Å²) < 4.78 is 23.6. The first-order valence-corrected chi connectivity index (χ1v) is 5.49. The van der Waals surface area contributed by atoms with Gasteiger partial charge in [0.25, 0.3) is 0 Å². The normalized spacial score (nSPS) is 12.5. The molecule has 0 radical (unpaired) electrons. The number of hydrogen-bond donors (Lipinski definition) is 0. The van der Waals surface area contributed by atoms with Gasteiger partial charge in [0.05, 0.1) is 13.3 Å². The fourth-order valence-corrected chi connectivity index (χ4v) is 1.52. The van der Waals surface area contributed by atoms with E-state index in [1.165, 1.54) is 13.2 Å². The zero-order valence-corrected chi connectivity index (χ0v) is 10.2. The van der Waals surface area contributed by atoms with Crippen molar-refractivity contribution in [3.63, 3.8) is 0 Å². The van der Waals surface area contributed by atoms with Crippen LogP contribution in [-0.4, -0.2) is 12.1 Å². The maximum absolute atomic E-state index is 13.2. The maximum Gasteiger partial charge on any atom is 0.212 e. The molecule has 0 aliphatic carbocycles. The van der Waals surface area contributed by atoms with E-state index in [0.29, 0.717) is 17.2 Å². The fraction of sp³-hybridized carbons (Fsp3) is 0.250. The van der Waals surface area contributed by atoms with E-state index >= 15 is 0 Å². The van der Waals surface area contributed by atoms with Crippen LogP contribution in [0, 0.1) is 5.82 Å². The Labute approximate surface area is 103 Å². The topological polar surface area (TPSA) is 35.3 Å². The molecule has 90 valence electrons. The molecule has 0 bridgehead atoms. The van der Waals surface area contributed by atoms with Crippen molar-refractivity contribution in [3.8, 4) is 17.1 Å². The minimum absolute atomic E-state index is 0.166. The Morgan fingerprint density at radius 1 is 1.47 bits per heavy atom. The molecule has 3 nitrogen and oxygen atoms in total. The number of alkyl halides is 1. The molecule has 1 aromatic carbocycles. The van der Waals surface area contributed by atoms with Gasteiger partial charge in [0.2, 0.25) is 5.89 Å². The van der Waals surface area contributed by atoms with Gasteiger partial charge in [0.15, 0.2) is 17.3 Å². The van der Waals surface area contributed by atoms with Crippen molar-refractivity contribution >= 4 is 11.6 Å². The number of ether oxygens (including phenoxy) is 1. The van der Waals surface area contributed by atoms with Crippen LogP contribution in [0.4, 0.5) is 4.39 Å². The van der Waals surface area contributed by atoms with Crippen molar-refractivity contribution in [2.24, 2.45) is 0 Å². The van der Waals surface area contributed by atoms with E-state index < -0.39 is 5.82 Å². The van der Waals surface area contributed by atoms with E-state index in [-0.39, 0.29) is 11.1 Å². The third kappa shape index (κ3) is 2.42. The van der Waals surface area contributed by atoms with Gasteiger partial charge >= 0.3 is 0 Å². The Balaban J connectivity index is 2.38. The van der Waals surface area contributed by atoms with Crippen LogP contribution in [0.2, 0.25) is 0 Å². The molecule has 2 rings (SSSR count). The summed E-state index contributed by atoms with van der Waals surface area (Å²) in [5, 5.41) is -0.300. The number of nitrogens with zero attached hydrogens (tertiary/aromatic N) is 1. The van der Waals surface area contributed by atoms with Crippen molar-refractivity contribution in [3.05, 3.63) is 36.1 Å². The molecule has 1 heterocycles. The van der Waals surface area contributed by atoms with Gasteiger partial charge < -0.3 is 9.15 Å². The van der Waals surface area contributed by atoms with E-state index in [1.807, 2.05) is 0 Å². The molecule has 5 heteroatoms. The van der Waals surface area contributed by atoms with Crippen LogP contribution >= 0.6 is 11.6 Å². The van der Waals surface area contributed by atoms with E-state index in [9.17, 15) is 4.39 Å². The Hall–Kier alpha value is -1.55. The molecular weight excluding hydrogens is 245 g/mol. The minimum atomic E-state index is -0.415. The lowest BCUT2D eigenvalue weighted by Crippen LogP contribution is -1.88. The molecule has 0 amide bonds. The minimum Gasteiger partial charge on any atom is -0.494 e. The summed E-state index contributed by atoms with van der Waals surface area (Å²) in [6.07, 6.45) is 1.56. The maximum atomic E-state index is 13.2. The standard InChI is InChI=1S/C12H11ClFNO2/c1-7(13)12-15-6-11(17-12)8-3-4-9(14)10(5-8)16-2/h3-7H,1-2H3. The number of benzene rings is 1. The van der Waals surface area contributed by atoms with Gasteiger partial charge in [-0.2, -0.15) is 0 Å². The average molecular weight is 256 g/mol. The van der Waals surface area contributed by atoms with Crippen LogP contribution in [0.15, 0.2) is 28.8 Å². The monoisotopic (exact) mass is 255 g/mol. The predicted octanol–water partition coefficient (Wildman–Crippen LogP) is 3.79. The summed E-state index contributed by atoms with van der Waals surface area (Å²) in [6.45, 7) is 1.77. The molecule has 0 saturated heterocycles. The summed E-state index contributed by atoms with van der Waals surface area (Å²) in [5.41, 5.74) is 0.694. The van der Waals surface area contributed by atoms with Crippen LogP contribution in [0.25, 0.3) is 11.3 Å². The Morgan fingerprint density at radius 2 is 2.24 bits per heavy atom. The summed E-state index contributed by atoms with van der Waals surface area (Å²) in [7, 11) is 1.41. The summed E-state index contributed by atoms with van der Waals surface area (Å²) in [5.74, 6) is 0.719. The van der Waals surface area contributed by atoms with E-state index in [1.54, 1.807) is 25.3 Å². The highest BCUT2D eigenvalue weighted by atomic mass is 35.5. The summed E-state index contributed by atoms with van der Waals surface area (Å²) in [6, 6.07) is 4.47. The third-order valence-corrected chi connectivity index (χ3v) is 2.49. The number of rotatable bonds is 3. The summed E-state index contributed by atoms with van der Waals surface area (Å²) >= 11 is 5.85. The Bertz CT molecular complexity index is 525. The second-order valence-corrected chi connectivity index (χ2v) is 4.18. The lowest BCUT2D eigenvalue weighted by Gasteiger charge is -2.03. The first-order chi connectivity index (χ1) is 8.11. The number of hydrogen-bond acceptors (Lipinski definition) is 3. The molecule has 1 atom stereocenters. The molecule has 0 fully saturated rings. The zero-order valence-electron chi connectivity index (χ0n) is 9.41. The van der Waals surface area contributed by atoms with Crippen LogP contribution in [0.1, 0.15) is 18.2 Å². The van der Waals surface area contributed by atoms with Crippen molar-refractivity contribution in [2.75, 3.05) is 7.11 Å². The van der Waals surface area contributed by atoms with Gasteiger partial charge in [-0.15, -0.1) is 11.6 Å². The third-order valence-electron chi connectivity index (χ3n) is 2.30. The molecule has 0 aliphatic heterocycles. The van der Waals surface area contributed by atoms with Crippen LogP contribution in [-0.2, 0) is 0 Å². The number of halogens is 2. The quantitative estimate of drug-likeness (QED) is 0.783. The van der Waals surface area contributed by atoms with E-state index in [4.69, 9.17) is 20.8 Å². The summed E-state index contributed by atoms with van der Waals surface area (Å²) in [4.78, 5) is 4.04. The van der Waals surface area contributed by atoms with Crippen molar-refractivity contribution in [2.45, 2.75) is 12.3 Å². The molecule has 0 aliphatic rings. The Kier molecular flexibility index (Phi) is 3.33. The average Bonchev–Trinajstić information content (AvgIpc) is 2.79. The van der Waals surface area contributed by atoms with Gasteiger partial charge in [0.1, 0.15) is 5.38 Å². The predicted molar refractivity (Wildman–Crippen MR) is 62.7 cm³/mol. The number of oxazole rings is 1. The highest BCUT2D eigenvalue weighted by Gasteiger charge is 2.12. The number of methoxy groups -OCH3 is 1. The van der Waals surface area contributed by atoms with Gasteiger partial charge in [-0.25, -0.2) is 9.37 Å². The molecule has 1 aromatic heterocycles. The zero-order chi connectivity index (χ0) is 12.4. The van der Waals surface area contributed by atoms with Crippen LogP contribution in [0.3, 0.4) is 0 Å². The molecule has 2 aromatic rings. The van der Waals surface area contributed by atoms with Gasteiger partial charge in [0, 0.05) is 5.56 Å². The lowest BCUT2D eigenvalue weighted by molar-refractivity contribution is 0.386. The van der Waals surface area contributed by atoms with Gasteiger partial charge in [-0.05, 0) is 25.1 Å². The second kappa shape index (κ2) is 4.75. The fourth-order valence-electron chi connectivity index (χ4n) is 1.42. The smallest absolute Gasteiger partial charge is 0.212 e. The van der Waals surface area contributed by atoms with Crippen LogP contribution < -0.4 is 4.74 Å². The largest absolute Gasteiger partial charge is 0.494 e. The lowest BCUT2D eigenvalue weighted by atomic mass is 10.2. The first kappa shape index (κ1) is 11.9. The van der Waals surface area contributed by atoms with Crippen LogP contribution in [0.5, 0.6) is 5.75 Å². The van der Waals surface area contributed by atoms with Crippen molar-refractivity contribution in [1.82, 2.24) is 4.98 Å². The SMILES string of the molecule is COc1cc(-c2cnc(C(C)Cl)o2)ccc1F.